The lowest BCUT2D eigenvalue weighted by atomic mass is 9.64. The Morgan fingerprint density at radius 3 is 2.55 bits per heavy atom. The van der Waals surface area contributed by atoms with E-state index in [0.717, 1.165) is 0 Å². The lowest BCUT2D eigenvalue weighted by Crippen LogP contribution is -2.43. The summed E-state index contributed by atoms with van der Waals surface area (Å²) in [4.78, 5) is 42.0. The predicted octanol–water partition coefficient (Wildman–Crippen LogP) is 5.73. The third kappa shape index (κ3) is 3.55. The van der Waals surface area contributed by atoms with Gasteiger partial charge < -0.3 is 10.2 Å². The molecule has 0 saturated heterocycles. The molecule has 0 aromatic heterocycles. The van der Waals surface area contributed by atoms with E-state index in [0.29, 0.717) is 40.7 Å². The first-order valence-electron chi connectivity index (χ1n) is 10.6. The molecule has 0 aliphatic heterocycles. The Morgan fingerprint density at radius 1 is 1.12 bits per heavy atom. The molecule has 9 heteroatoms. The van der Waals surface area contributed by atoms with Crippen molar-refractivity contribution in [2.75, 3.05) is 5.32 Å². The van der Waals surface area contributed by atoms with E-state index in [-0.39, 0.29) is 11.6 Å². The van der Waals surface area contributed by atoms with Gasteiger partial charge in [0.1, 0.15) is 0 Å². The second kappa shape index (κ2) is 8.06. The van der Waals surface area contributed by atoms with Gasteiger partial charge in [-0.3, -0.25) is 14.9 Å². The monoisotopic (exact) mass is 513 g/mol. The fourth-order valence-electron chi connectivity index (χ4n) is 5.24. The summed E-state index contributed by atoms with van der Waals surface area (Å²) in [6.45, 7) is 6.11. The molecule has 2 aliphatic carbocycles. The van der Waals surface area contributed by atoms with Crippen LogP contribution in [0.4, 0.5) is 11.4 Å². The summed E-state index contributed by atoms with van der Waals surface area (Å²) >= 11 is 3.34. The van der Waals surface area contributed by atoms with Crippen molar-refractivity contribution >= 4 is 44.9 Å². The minimum atomic E-state index is -0.773. The number of amides is 1. The van der Waals surface area contributed by atoms with Crippen LogP contribution in [0.5, 0.6) is 0 Å². The fourth-order valence-corrected chi connectivity index (χ4v) is 5.69. The van der Waals surface area contributed by atoms with Gasteiger partial charge in [-0.2, -0.15) is 0 Å². The standard InChI is InChI=1S/C24H24BrN3O5/c1-22(2)23(3)11-12-24(22,21(30)26-15-7-6-8-16(13-15)28(31)32)14-19(23)27-33-20(29)17-9-4-5-10-18(17)25/h4-10,13H,11-12,14H2,1-3H3,(H,26,30)/b27-19+. The number of fused-ring (bicyclic) bond motifs is 2. The molecular weight excluding hydrogens is 490 g/mol. The van der Waals surface area contributed by atoms with E-state index >= 15 is 0 Å². The number of oxime groups is 1. The van der Waals surface area contributed by atoms with E-state index in [1.54, 1.807) is 30.3 Å². The van der Waals surface area contributed by atoms with Crippen LogP contribution in [-0.2, 0) is 9.63 Å². The Balaban J connectivity index is 1.60. The summed E-state index contributed by atoms with van der Waals surface area (Å²) in [7, 11) is 0. The lowest BCUT2D eigenvalue weighted by Gasteiger charge is -2.39. The molecule has 2 saturated carbocycles. The van der Waals surface area contributed by atoms with Crippen molar-refractivity contribution in [1.29, 1.82) is 0 Å². The van der Waals surface area contributed by atoms with Crippen LogP contribution in [-0.4, -0.2) is 22.5 Å². The fraction of sp³-hybridized carbons (Fsp3) is 0.375. The van der Waals surface area contributed by atoms with Crippen LogP contribution in [0.15, 0.2) is 58.2 Å². The highest BCUT2D eigenvalue weighted by Gasteiger charge is 2.71. The SMILES string of the molecule is CC12CCC(C(=O)Nc3cccc([N+](=O)[O-])c3)(C/C1=N\OC(=O)c1ccccc1Br)C2(C)C. The number of rotatable bonds is 5. The number of nitrogens with zero attached hydrogens (tertiary/aromatic N) is 2. The number of carbonyl (C=O) groups is 2. The lowest BCUT2D eigenvalue weighted by molar-refractivity contribution is -0.384. The summed E-state index contributed by atoms with van der Waals surface area (Å²) in [5.41, 5.74) is -0.344. The maximum atomic E-state index is 13.5. The number of hydrogen-bond donors (Lipinski definition) is 1. The number of nitrogens with one attached hydrogen (secondary N) is 1. The van der Waals surface area contributed by atoms with E-state index in [1.807, 2.05) is 20.8 Å². The molecule has 2 aromatic carbocycles. The van der Waals surface area contributed by atoms with Gasteiger partial charge in [-0.25, -0.2) is 4.79 Å². The van der Waals surface area contributed by atoms with Crippen molar-refractivity contribution in [3.05, 3.63) is 68.7 Å². The van der Waals surface area contributed by atoms with Gasteiger partial charge in [0.15, 0.2) is 0 Å². The number of anilines is 1. The van der Waals surface area contributed by atoms with E-state index < -0.39 is 27.1 Å². The molecule has 0 spiro atoms. The van der Waals surface area contributed by atoms with Gasteiger partial charge in [-0.1, -0.05) is 44.1 Å². The quantitative estimate of drug-likeness (QED) is 0.312. The highest BCUT2D eigenvalue weighted by Crippen LogP contribution is 2.71. The zero-order valence-electron chi connectivity index (χ0n) is 18.6. The van der Waals surface area contributed by atoms with Gasteiger partial charge in [0.05, 0.1) is 21.6 Å². The minimum Gasteiger partial charge on any atom is -0.325 e. The van der Waals surface area contributed by atoms with Crippen molar-refractivity contribution in [3.63, 3.8) is 0 Å². The van der Waals surface area contributed by atoms with Crippen LogP contribution < -0.4 is 5.32 Å². The van der Waals surface area contributed by atoms with Crippen LogP contribution >= 0.6 is 15.9 Å². The first kappa shape index (κ1) is 23.1. The smallest absolute Gasteiger partial charge is 0.325 e. The zero-order valence-corrected chi connectivity index (χ0v) is 20.1. The second-order valence-corrected chi connectivity index (χ2v) is 10.2. The van der Waals surface area contributed by atoms with Gasteiger partial charge in [0.25, 0.3) is 5.69 Å². The van der Waals surface area contributed by atoms with Gasteiger partial charge in [0.2, 0.25) is 5.91 Å². The summed E-state index contributed by atoms with van der Waals surface area (Å²) in [6, 6.07) is 12.8. The topological polar surface area (TPSA) is 111 Å². The molecule has 172 valence electrons. The van der Waals surface area contributed by atoms with Crippen molar-refractivity contribution in [3.8, 4) is 0 Å². The molecule has 8 nitrogen and oxygen atoms in total. The molecular formula is C24H24BrN3O5. The Hall–Kier alpha value is -3.07. The Morgan fingerprint density at radius 2 is 1.85 bits per heavy atom. The van der Waals surface area contributed by atoms with Crippen LogP contribution in [0.1, 0.15) is 50.4 Å². The third-order valence-corrected chi connectivity index (χ3v) is 8.51. The van der Waals surface area contributed by atoms with Gasteiger partial charge >= 0.3 is 5.97 Å². The first-order valence-corrected chi connectivity index (χ1v) is 11.4. The molecule has 4 rings (SSSR count). The number of non-ortho nitro benzene ring substituents is 1. The minimum absolute atomic E-state index is 0.0894. The maximum absolute atomic E-state index is 13.5. The number of nitro groups is 1. The number of carbonyl (C=O) groups excluding carboxylic acids is 2. The van der Waals surface area contributed by atoms with Gasteiger partial charge in [0, 0.05) is 34.1 Å². The number of hydrogen-bond acceptors (Lipinski definition) is 6. The normalized spacial score (nSPS) is 26.2. The Kier molecular flexibility index (Phi) is 5.64. The van der Waals surface area contributed by atoms with Crippen LogP contribution in [0, 0.1) is 26.4 Å². The average molecular weight is 514 g/mol. The van der Waals surface area contributed by atoms with Crippen molar-refractivity contribution in [2.24, 2.45) is 21.4 Å². The first-order chi connectivity index (χ1) is 15.5. The van der Waals surface area contributed by atoms with Gasteiger partial charge in [-0.15, -0.1) is 0 Å². The van der Waals surface area contributed by atoms with Crippen molar-refractivity contribution in [2.45, 2.75) is 40.0 Å². The molecule has 2 unspecified atom stereocenters. The van der Waals surface area contributed by atoms with Gasteiger partial charge in [-0.05, 0) is 52.4 Å². The van der Waals surface area contributed by atoms with Crippen LogP contribution in [0.25, 0.3) is 0 Å². The Bertz CT molecular complexity index is 1190. The molecule has 1 amide bonds. The van der Waals surface area contributed by atoms with E-state index in [2.05, 4.69) is 26.4 Å². The van der Waals surface area contributed by atoms with Crippen LogP contribution in [0.2, 0.25) is 0 Å². The molecule has 2 atom stereocenters. The third-order valence-electron chi connectivity index (χ3n) is 7.82. The highest BCUT2D eigenvalue weighted by atomic mass is 79.9. The average Bonchev–Trinajstić information content (AvgIpc) is 3.08. The maximum Gasteiger partial charge on any atom is 0.366 e. The highest BCUT2D eigenvalue weighted by molar-refractivity contribution is 9.10. The molecule has 1 N–H and O–H groups in total. The molecule has 2 bridgehead atoms. The van der Waals surface area contributed by atoms with E-state index in [1.165, 1.54) is 18.2 Å². The number of halogens is 1. The molecule has 2 aliphatic rings. The molecule has 0 heterocycles. The number of nitro benzene ring substituents is 1. The van der Waals surface area contributed by atoms with Crippen LogP contribution in [0.3, 0.4) is 0 Å². The molecule has 0 radical (unpaired) electrons. The van der Waals surface area contributed by atoms with Crippen molar-refractivity contribution in [1.82, 2.24) is 0 Å². The summed E-state index contributed by atoms with van der Waals surface area (Å²) in [5.74, 6) is -0.784. The molecule has 33 heavy (non-hydrogen) atoms. The Labute approximate surface area is 199 Å². The summed E-state index contributed by atoms with van der Waals surface area (Å²) < 4.78 is 0.613. The predicted molar refractivity (Wildman–Crippen MR) is 127 cm³/mol. The van der Waals surface area contributed by atoms with Crippen molar-refractivity contribution < 1.29 is 19.3 Å². The molecule has 2 fully saturated rings. The molecule has 2 aromatic rings. The number of benzene rings is 2. The van der Waals surface area contributed by atoms with E-state index in [9.17, 15) is 19.7 Å². The summed E-state index contributed by atoms with van der Waals surface area (Å²) in [5, 5.41) is 18.2. The summed E-state index contributed by atoms with van der Waals surface area (Å²) in [6.07, 6.45) is 1.71. The largest absolute Gasteiger partial charge is 0.366 e. The van der Waals surface area contributed by atoms with E-state index in [4.69, 9.17) is 4.84 Å². The zero-order chi connectivity index (χ0) is 24.0. The second-order valence-electron chi connectivity index (χ2n) is 9.37.